The van der Waals surface area contributed by atoms with Gasteiger partial charge in [-0.25, -0.2) is 18.1 Å². The lowest BCUT2D eigenvalue weighted by molar-refractivity contribution is 0.249. The van der Waals surface area contributed by atoms with Gasteiger partial charge in [0.25, 0.3) is 0 Å². The topological polar surface area (TPSA) is 95.1 Å². The van der Waals surface area contributed by atoms with Crippen molar-refractivity contribution in [2.75, 3.05) is 13.2 Å². The smallest absolute Gasteiger partial charge is 0.242 e. The Kier molecular flexibility index (Phi) is 3.27. The first-order valence-electron chi connectivity index (χ1n) is 6.59. The minimum atomic E-state index is -3.56. The molecule has 1 aliphatic rings. The Morgan fingerprint density at radius 3 is 2.95 bits per heavy atom. The zero-order valence-electron chi connectivity index (χ0n) is 11.0. The second kappa shape index (κ2) is 4.83. The molecule has 1 fully saturated rings. The van der Waals surface area contributed by atoms with Crippen molar-refractivity contribution in [2.24, 2.45) is 5.41 Å². The van der Waals surface area contributed by atoms with Crippen molar-refractivity contribution >= 4 is 21.1 Å². The SMILES string of the molecule is O=S(=O)(NCC1(CCO)CC1)c1c[nH]c2ncccc12. The van der Waals surface area contributed by atoms with Gasteiger partial charge >= 0.3 is 0 Å². The Morgan fingerprint density at radius 1 is 1.45 bits per heavy atom. The van der Waals surface area contributed by atoms with Gasteiger partial charge in [0.1, 0.15) is 10.5 Å². The van der Waals surface area contributed by atoms with E-state index in [-0.39, 0.29) is 16.9 Å². The van der Waals surface area contributed by atoms with Gasteiger partial charge in [-0.1, -0.05) is 0 Å². The van der Waals surface area contributed by atoms with Crippen molar-refractivity contribution in [1.82, 2.24) is 14.7 Å². The molecule has 2 aromatic rings. The fourth-order valence-corrected chi connectivity index (χ4v) is 3.73. The molecule has 2 aromatic heterocycles. The van der Waals surface area contributed by atoms with Crippen LogP contribution in [0.25, 0.3) is 11.0 Å². The van der Waals surface area contributed by atoms with E-state index in [1.165, 1.54) is 6.20 Å². The molecular formula is C13H17N3O3S. The highest BCUT2D eigenvalue weighted by atomic mass is 32.2. The van der Waals surface area contributed by atoms with Crippen molar-refractivity contribution in [3.05, 3.63) is 24.5 Å². The van der Waals surface area contributed by atoms with Gasteiger partial charge in [-0.15, -0.1) is 0 Å². The first kappa shape index (κ1) is 13.5. The van der Waals surface area contributed by atoms with Crippen molar-refractivity contribution < 1.29 is 13.5 Å². The third-order valence-corrected chi connectivity index (χ3v) is 5.38. The second-order valence-corrected chi connectivity index (χ2v) is 7.09. The monoisotopic (exact) mass is 295 g/mol. The lowest BCUT2D eigenvalue weighted by Gasteiger charge is -2.14. The van der Waals surface area contributed by atoms with Crippen LogP contribution in [-0.2, 0) is 10.0 Å². The highest BCUT2D eigenvalue weighted by Gasteiger charge is 2.42. The summed E-state index contributed by atoms with van der Waals surface area (Å²) in [4.78, 5) is 7.17. The fraction of sp³-hybridized carbons (Fsp3) is 0.462. The molecule has 6 nitrogen and oxygen atoms in total. The first-order chi connectivity index (χ1) is 9.56. The van der Waals surface area contributed by atoms with Crippen LogP contribution in [-0.4, -0.2) is 36.6 Å². The third kappa shape index (κ3) is 2.44. The van der Waals surface area contributed by atoms with Gasteiger partial charge < -0.3 is 10.1 Å². The maximum absolute atomic E-state index is 12.4. The number of aliphatic hydroxyl groups is 1. The van der Waals surface area contributed by atoms with E-state index in [1.54, 1.807) is 18.3 Å². The molecule has 2 heterocycles. The number of pyridine rings is 1. The zero-order chi connectivity index (χ0) is 14.2. The number of rotatable bonds is 6. The molecule has 1 saturated carbocycles. The Morgan fingerprint density at radius 2 is 2.25 bits per heavy atom. The minimum Gasteiger partial charge on any atom is -0.396 e. The Balaban J connectivity index is 1.82. The summed E-state index contributed by atoms with van der Waals surface area (Å²) < 4.78 is 27.4. The van der Waals surface area contributed by atoms with Crippen LogP contribution in [0, 0.1) is 5.41 Å². The Bertz CT molecular complexity index is 719. The lowest BCUT2D eigenvalue weighted by atomic mass is 10.0. The normalized spacial score (nSPS) is 17.4. The summed E-state index contributed by atoms with van der Waals surface area (Å²) in [6.45, 7) is 0.474. The van der Waals surface area contributed by atoms with Crippen LogP contribution >= 0.6 is 0 Å². The van der Waals surface area contributed by atoms with Crippen LogP contribution in [0.15, 0.2) is 29.4 Å². The quantitative estimate of drug-likeness (QED) is 0.741. The number of hydrogen-bond acceptors (Lipinski definition) is 4. The average Bonchev–Trinajstić information content (AvgIpc) is 3.05. The predicted molar refractivity (Wildman–Crippen MR) is 74.7 cm³/mol. The summed E-state index contributed by atoms with van der Waals surface area (Å²) >= 11 is 0. The maximum Gasteiger partial charge on any atom is 0.242 e. The molecule has 0 aromatic carbocycles. The van der Waals surface area contributed by atoms with Crippen molar-refractivity contribution in [2.45, 2.75) is 24.2 Å². The predicted octanol–water partition coefficient (Wildman–Crippen LogP) is 1.00. The highest BCUT2D eigenvalue weighted by molar-refractivity contribution is 7.89. The molecule has 0 bridgehead atoms. The fourth-order valence-electron chi connectivity index (χ4n) is 2.41. The van der Waals surface area contributed by atoms with Gasteiger partial charge in [-0.3, -0.25) is 0 Å². The summed E-state index contributed by atoms with van der Waals surface area (Å²) in [6.07, 6.45) is 5.65. The average molecular weight is 295 g/mol. The number of nitrogens with one attached hydrogen (secondary N) is 2. The zero-order valence-corrected chi connectivity index (χ0v) is 11.8. The van der Waals surface area contributed by atoms with Gasteiger partial charge in [0, 0.05) is 30.9 Å². The number of nitrogens with zero attached hydrogens (tertiary/aromatic N) is 1. The third-order valence-electron chi connectivity index (χ3n) is 3.94. The van der Waals surface area contributed by atoms with Crippen LogP contribution in [0.1, 0.15) is 19.3 Å². The van der Waals surface area contributed by atoms with E-state index in [0.29, 0.717) is 24.0 Å². The van der Waals surface area contributed by atoms with Gasteiger partial charge in [0.05, 0.1) is 0 Å². The number of sulfonamides is 1. The van der Waals surface area contributed by atoms with E-state index >= 15 is 0 Å². The first-order valence-corrected chi connectivity index (χ1v) is 8.07. The van der Waals surface area contributed by atoms with E-state index in [0.717, 1.165) is 12.8 Å². The minimum absolute atomic E-state index is 0.0494. The molecule has 0 amide bonds. The van der Waals surface area contributed by atoms with Crippen molar-refractivity contribution in [3.8, 4) is 0 Å². The van der Waals surface area contributed by atoms with E-state index in [2.05, 4.69) is 14.7 Å². The van der Waals surface area contributed by atoms with Crippen molar-refractivity contribution in [3.63, 3.8) is 0 Å². The molecule has 0 unspecified atom stereocenters. The largest absolute Gasteiger partial charge is 0.396 e. The number of fused-ring (bicyclic) bond motifs is 1. The van der Waals surface area contributed by atoms with Crippen molar-refractivity contribution in [1.29, 1.82) is 0 Å². The van der Waals surface area contributed by atoms with Gasteiger partial charge in [-0.05, 0) is 36.8 Å². The van der Waals surface area contributed by atoms with E-state index < -0.39 is 10.0 Å². The van der Waals surface area contributed by atoms with Gasteiger partial charge in [-0.2, -0.15) is 0 Å². The summed E-state index contributed by atoms with van der Waals surface area (Å²) in [7, 11) is -3.56. The van der Waals surface area contributed by atoms with Crippen LogP contribution in [0.2, 0.25) is 0 Å². The number of aromatic amines is 1. The second-order valence-electron chi connectivity index (χ2n) is 5.35. The molecule has 0 saturated heterocycles. The van der Waals surface area contributed by atoms with Crippen LogP contribution in [0.5, 0.6) is 0 Å². The number of aliphatic hydroxyl groups excluding tert-OH is 1. The molecule has 0 radical (unpaired) electrons. The Labute approximate surface area is 117 Å². The number of aromatic nitrogens is 2. The van der Waals surface area contributed by atoms with Crippen LogP contribution in [0.4, 0.5) is 0 Å². The van der Waals surface area contributed by atoms with E-state index in [1.807, 2.05) is 0 Å². The number of hydrogen-bond donors (Lipinski definition) is 3. The van der Waals surface area contributed by atoms with Gasteiger partial charge in [0.15, 0.2) is 0 Å². The summed E-state index contributed by atoms with van der Waals surface area (Å²) in [5, 5.41) is 9.60. The molecule has 7 heteroatoms. The molecule has 108 valence electrons. The summed E-state index contributed by atoms with van der Waals surface area (Å²) in [6, 6.07) is 3.44. The molecule has 0 spiro atoms. The maximum atomic E-state index is 12.4. The van der Waals surface area contributed by atoms with Crippen LogP contribution in [0.3, 0.4) is 0 Å². The highest BCUT2D eigenvalue weighted by Crippen LogP contribution is 2.48. The Hall–Kier alpha value is -1.44. The molecular weight excluding hydrogens is 278 g/mol. The van der Waals surface area contributed by atoms with Crippen LogP contribution < -0.4 is 4.72 Å². The standard InChI is InChI=1S/C13H17N3O3S/c17-7-5-13(3-4-13)9-16-20(18,19)11-8-15-12-10(11)2-1-6-14-12/h1-2,6,8,16-17H,3-5,7,9H2,(H,14,15). The summed E-state index contributed by atoms with van der Waals surface area (Å²) in [5.41, 5.74) is 0.510. The molecule has 3 N–H and O–H groups in total. The molecule has 0 aliphatic heterocycles. The van der Waals surface area contributed by atoms with Gasteiger partial charge in [0.2, 0.25) is 10.0 Å². The summed E-state index contributed by atoms with van der Waals surface area (Å²) in [5.74, 6) is 0. The number of H-pyrrole nitrogens is 1. The molecule has 1 aliphatic carbocycles. The molecule has 20 heavy (non-hydrogen) atoms. The molecule has 3 rings (SSSR count). The van der Waals surface area contributed by atoms with E-state index in [9.17, 15) is 8.42 Å². The van der Waals surface area contributed by atoms with E-state index in [4.69, 9.17) is 5.11 Å². The lowest BCUT2D eigenvalue weighted by Crippen LogP contribution is -2.30. The molecule has 0 atom stereocenters.